The molecule has 0 heterocycles. The van der Waals surface area contributed by atoms with Crippen molar-refractivity contribution in [2.75, 3.05) is 13.7 Å². The highest BCUT2D eigenvalue weighted by atomic mass is 16.5. The number of hydrogen-bond donors (Lipinski definition) is 0. The standard InChI is InChI=1S/C26H42O/c1-8-9-10-11-12-13-16-23(25(2,3)4)19-18-22-15-14-17-24(20-22)26(5,6)21-27-7/h14-15,17,20,23H,8-13,16,21H2,1-7H3. The first-order chi connectivity index (χ1) is 12.7. The van der Waals surface area contributed by atoms with Gasteiger partial charge in [0.25, 0.3) is 0 Å². The largest absolute Gasteiger partial charge is 0.384 e. The SMILES string of the molecule is CCCCCCCCC(C#Cc1cccc(C(C)(C)COC)c1)C(C)(C)C. The average Bonchev–Trinajstić information content (AvgIpc) is 2.59. The van der Waals surface area contributed by atoms with Crippen LogP contribution in [0.15, 0.2) is 24.3 Å². The summed E-state index contributed by atoms with van der Waals surface area (Å²) in [6, 6.07) is 8.67. The summed E-state index contributed by atoms with van der Waals surface area (Å²) in [6.45, 7) is 14.4. The topological polar surface area (TPSA) is 9.23 Å². The van der Waals surface area contributed by atoms with Gasteiger partial charge in [0.15, 0.2) is 0 Å². The fourth-order valence-corrected chi connectivity index (χ4v) is 3.48. The van der Waals surface area contributed by atoms with Crippen molar-refractivity contribution < 1.29 is 4.74 Å². The number of hydrogen-bond acceptors (Lipinski definition) is 1. The van der Waals surface area contributed by atoms with E-state index >= 15 is 0 Å². The molecule has 0 radical (unpaired) electrons. The number of unbranched alkanes of at least 4 members (excludes halogenated alkanes) is 5. The summed E-state index contributed by atoms with van der Waals surface area (Å²) in [4.78, 5) is 0. The Labute approximate surface area is 169 Å². The summed E-state index contributed by atoms with van der Waals surface area (Å²) in [6.07, 6.45) is 9.28. The molecule has 1 aromatic rings. The molecule has 0 bridgehead atoms. The molecule has 1 atom stereocenters. The van der Waals surface area contributed by atoms with E-state index in [1.807, 2.05) is 0 Å². The van der Waals surface area contributed by atoms with E-state index in [-0.39, 0.29) is 10.8 Å². The van der Waals surface area contributed by atoms with Crippen LogP contribution in [-0.2, 0) is 10.2 Å². The summed E-state index contributed by atoms with van der Waals surface area (Å²) >= 11 is 0. The first kappa shape index (κ1) is 23.8. The molecule has 0 saturated heterocycles. The minimum absolute atomic E-state index is 0.00829. The molecule has 1 nitrogen and oxygen atoms in total. The van der Waals surface area contributed by atoms with Gasteiger partial charge in [0, 0.05) is 24.0 Å². The van der Waals surface area contributed by atoms with E-state index in [2.05, 4.69) is 77.6 Å². The average molecular weight is 371 g/mol. The van der Waals surface area contributed by atoms with E-state index < -0.39 is 0 Å². The zero-order valence-corrected chi connectivity index (χ0v) is 19.0. The fraction of sp³-hybridized carbons (Fsp3) is 0.692. The second kappa shape index (κ2) is 11.6. The van der Waals surface area contributed by atoms with Gasteiger partial charge in [0.2, 0.25) is 0 Å². The third kappa shape index (κ3) is 8.98. The molecule has 1 aromatic carbocycles. The second-order valence-electron chi connectivity index (χ2n) is 9.64. The van der Waals surface area contributed by atoms with Crippen LogP contribution < -0.4 is 0 Å². The summed E-state index contributed by atoms with van der Waals surface area (Å²) < 4.78 is 5.39. The zero-order valence-electron chi connectivity index (χ0n) is 19.0. The van der Waals surface area contributed by atoms with E-state index in [0.29, 0.717) is 12.5 Å². The Kier molecular flexibility index (Phi) is 10.2. The maximum absolute atomic E-state index is 5.39. The number of benzene rings is 1. The molecule has 0 amide bonds. The first-order valence-corrected chi connectivity index (χ1v) is 10.8. The molecular weight excluding hydrogens is 328 g/mol. The molecule has 27 heavy (non-hydrogen) atoms. The highest BCUT2D eigenvalue weighted by Crippen LogP contribution is 2.30. The van der Waals surface area contributed by atoms with Crippen molar-refractivity contribution in [3.05, 3.63) is 35.4 Å². The van der Waals surface area contributed by atoms with Crippen LogP contribution in [0.1, 0.15) is 97.6 Å². The Bertz CT molecular complexity index is 595. The van der Waals surface area contributed by atoms with Crippen LogP contribution in [0.3, 0.4) is 0 Å². The van der Waals surface area contributed by atoms with Gasteiger partial charge in [0.1, 0.15) is 0 Å². The van der Waals surface area contributed by atoms with Crippen molar-refractivity contribution >= 4 is 0 Å². The highest BCUT2D eigenvalue weighted by Gasteiger charge is 2.23. The minimum Gasteiger partial charge on any atom is -0.384 e. The van der Waals surface area contributed by atoms with Crippen molar-refractivity contribution in [1.82, 2.24) is 0 Å². The third-order valence-electron chi connectivity index (χ3n) is 5.43. The van der Waals surface area contributed by atoms with Gasteiger partial charge in [-0.25, -0.2) is 0 Å². The Balaban J connectivity index is 2.79. The van der Waals surface area contributed by atoms with Crippen LogP contribution in [0.5, 0.6) is 0 Å². The summed E-state index contributed by atoms with van der Waals surface area (Å²) in [5, 5.41) is 0. The molecule has 0 aromatic heterocycles. The molecule has 1 unspecified atom stereocenters. The van der Waals surface area contributed by atoms with Crippen molar-refractivity contribution in [2.45, 2.75) is 91.9 Å². The van der Waals surface area contributed by atoms with E-state index in [4.69, 9.17) is 4.74 Å². The van der Waals surface area contributed by atoms with Crippen LogP contribution >= 0.6 is 0 Å². The normalized spacial score (nSPS) is 13.1. The van der Waals surface area contributed by atoms with Gasteiger partial charge in [-0.3, -0.25) is 0 Å². The molecule has 0 spiro atoms. The predicted molar refractivity (Wildman–Crippen MR) is 119 cm³/mol. The predicted octanol–water partition coefficient (Wildman–Crippen LogP) is 7.38. The van der Waals surface area contributed by atoms with Gasteiger partial charge >= 0.3 is 0 Å². The molecule has 0 aliphatic heterocycles. The van der Waals surface area contributed by atoms with Crippen molar-refractivity contribution in [3.63, 3.8) is 0 Å². The number of methoxy groups -OCH3 is 1. The van der Waals surface area contributed by atoms with Gasteiger partial charge in [0.05, 0.1) is 6.61 Å². The van der Waals surface area contributed by atoms with Crippen molar-refractivity contribution in [2.24, 2.45) is 11.3 Å². The second-order valence-corrected chi connectivity index (χ2v) is 9.64. The number of ether oxygens (including phenoxy) is 1. The molecule has 1 heteroatoms. The summed E-state index contributed by atoms with van der Waals surface area (Å²) in [7, 11) is 1.77. The van der Waals surface area contributed by atoms with Crippen molar-refractivity contribution in [3.8, 4) is 11.8 Å². The summed E-state index contributed by atoms with van der Waals surface area (Å²) in [5.41, 5.74) is 2.64. The summed E-state index contributed by atoms with van der Waals surface area (Å²) in [5.74, 6) is 7.53. The maximum atomic E-state index is 5.39. The highest BCUT2D eigenvalue weighted by molar-refractivity contribution is 5.40. The molecule has 0 aliphatic rings. The van der Waals surface area contributed by atoms with Gasteiger partial charge in [-0.15, -0.1) is 0 Å². The fourth-order valence-electron chi connectivity index (χ4n) is 3.48. The quantitative estimate of drug-likeness (QED) is 0.308. The molecule has 0 fully saturated rings. The van der Waals surface area contributed by atoms with E-state index in [1.54, 1.807) is 7.11 Å². The zero-order chi connectivity index (χ0) is 20.3. The molecule has 0 saturated carbocycles. The van der Waals surface area contributed by atoms with Crippen LogP contribution in [0.2, 0.25) is 0 Å². The Morgan fingerprint density at radius 2 is 1.63 bits per heavy atom. The smallest absolute Gasteiger partial charge is 0.0553 e. The number of rotatable bonds is 10. The minimum atomic E-state index is 0.00829. The van der Waals surface area contributed by atoms with E-state index in [9.17, 15) is 0 Å². The van der Waals surface area contributed by atoms with E-state index in [0.717, 1.165) is 5.56 Å². The molecule has 152 valence electrons. The molecular formula is C26H42O. The molecule has 1 rings (SSSR count). The Hall–Kier alpha value is -1.26. The Morgan fingerprint density at radius 1 is 0.963 bits per heavy atom. The van der Waals surface area contributed by atoms with Crippen molar-refractivity contribution in [1.29, 1.82) is 0 Å². The van der Waals surface area contributed by atoms with Gasteiger partial charge in [-0.1, -0.05) is 104 Å². The van der Waals surface area contributed by atoms with Crippen LogP contribution in [0, 0.1) is 23.2 Å². The first-order valence-electron chi connectivity index (χ1n) is 10.8. The van der Waals surface area contributed by atoms with Gasteiger partial charge in [-0.05, 0) is 29.5 Å². The lowest BCUT2D eigenvalue weighted by atomic mass is 9.78. The van der Waals surface area contributed by atoms with Gasteiger partial charge < -0.3 is 4.74 Å². The monoisotopic (exact) mass is 370 g/mol. The molecule has 0 N–H and O–H groups in total. The van der Waals surface area contributed by atoms with Crippen LogP contribution in [0.4, 0.5) is 0 Å². The van der Waals surface area contributed by atoms with Crippen LogP contribution in [0.25, 0.3) is 0 Å². The Morgan fingerprint density at radius 3 is 2.26 bits per heavy atom. The van der Waals surface area contributed by atoms with Crippen LogP contribution in [-0.4, -0.2) is 13.7 Å². The lowest BCUT2D eigenvalue weighted by Gasteiger charge is -2.26. The maximum Gasteiger partial charge on any atom is 0.0553 e. The van der Waals surface area contributed by atoms with E-state index in [1.165, 1.54) is 50.5 Å². The van der Waals surface area contributed by atoms with Gasteiger partial charge in [-0.2, -0.15) is 0 Å². The lowest BCUT2D eigenvalue weighted by Crippen LogP contribution is -2.23. The lowest BCUT2D eigenvalue weighted by molar-refractivity contribution is 0.146. The molecule has 0 aliphatic carbocycles. The third-order valence-corrected chi connectivity index (χ3v) is 5.43.